The molecule has 1 aliphatic carbocycles. The SMILES string of the molecule is CC(C)(C)c1cc2c(s1)-c1sc(C(C)(C)C)cc1C2=C(C#N)C#N. The molecule has 2 heterocycles. The highest BCUT2D eigenvalue weighted by Gasteiger charge is 2.34. The van der Waals surface area contributed by atoms with Gasteiger partial charge in [0.05, 0.1) is 9.75 Å². The summed E-state index contributed by atoms with van der Waals surface area (Å²) in [6, 6.07) is 8.55. The van der Waals surface area contributed by atoms with Crippen LogP contribution in [0.5, 0.6) is 0 Å². The van der Waals surface area contributed by atoms with Crippen molar-refractivity contribution in [2.75, 3.05) is 0 Å². The van der Waals surface area contributed by atoms with E-state index in [1.165, 1.54) is 19.5 Å². The number of nitrogens with zero attached hydrogens (tertiary/aromatic N) is 2. The zero-order chi connectivity index (χ0) is 17.9. The van der Waals surface area contributed by atoms with Gasteiger partial charge in [-0.1, -0.05) is 41.5 Å². The average Bonchev–Trinajstić information content (AvgIpc) is 3.10. The first-order chi connectivity index (χ1) is 11.1. The zero-order valence-corrected chi connectivity index (χ0v) is 16.5. The molecule has 0 aromatic carbocycles. The van der Waals surface area contributed by atoms with Crippen LogP contribution in [0.4, 0.5) is 0 Å². The zero-order valence-electron chi connectivity index (χ0n) is 14.9. The number of nitriles is 2. The third-order valence-corrected chi connectivity index (χ3v) is 7.45. The summed E-state index contributed by atoms with van der Waals surface area (Å²) in [5, 5.41) is 18.9. The van der Waals surface area contributed by atoms with E-state index in [0.29, 0.717) is 0 Å². The van der Waals surface area contributed by atoms with Gasteiger partial charge >= 0.3 is 0 Å². The Kier molecular flexibility index (Phi) is 3.75. The number of fused-ring (bicyclic) bond motifs is 3. The van der Waals surface area contributed by atoms with Crippen molar-refractivity contribution in [1.29, 1.82) is 10.5 Å². The number of hydrogen-bond donors (Lipinski definition) is 0. The Morgan fingerprint density at radius 3 is 1.46 bits per heavy atom. The highest BCUT2D eigenvalue weighted by Crippen LogP contribution is 2.55. The third-order valence-electron chi connectivity index (χ3n) is 4.16. The van der Waals surface area contributed by atoms with Gasteiger partial charge in [0.25, 0.3) is 0 Å². The highest BCUT2D eigenvalue weighted by molar-refractivity contribution is 7.23. The topological polar surface area (TPSA) is 47.6 Å². The minimum absolute atomic E-state index is 0.0594. The fraction of sp³-hybridized carbons (Fsp3) is 0.400. The molecule has 0 fully saturated rings. The summed E-state index contributed by atoms with van der Waals surface area (Å²) >= 11 is 3.59. The second kappa shape index (κ2) is 5.31. The van der Waals surface area contributed by atoms with Gasteiger partial charge < -0.3 is 0 Å². The molecule has 0 atom stereocenters. The van der Waals surface area contributed by atoms with Gasteiger partial charge in [-0.2, -0.15) is 10.5 Å². The predicted octanol–water partition coefficient (Wildman–Crippen LogP) is 6.23. The standard InChI is InChI=1S/C20H20N2S2/c1-19(2,3)14-7-12-16(11(9-21)10-22)13-8-15(20(4,5)6)24-18(13)17(12)23-14/h7-8H,1-6H3. The van der Waals surface area contributed by atoms with E-state index in [1.807, 2.05) is 0 Å². The van der Waals surface area contributed by atoms with Crippen LogP contribution >= 0.6 is 22.7 Å². The first-order valence-electron chi connectivity index (χ1n) is 7.92. The van der Waals surface area contributed by atoms with E-state index in [4.69, 9.17) is 0 Å². The molecule has 0 aliphatic heterocycles. The fourth-order valence-corrected chi connectivity index (χ4v) is 5.38. The molecular weight excluding hydrogens is 332 g/mol. The largest absolute Gasteiger partial charge is 0.192 e. The summed E-state index contributed by atoms with van der Waals surface area (Å²) in [4.78, 5) is 5.01. The predicted molar refractivity (Wildman–Crippen MR) is 102 cm³/mol. The molecule has 4 heteroatoms. The van der Waals surface area contributed by atoms with Gasteiger partial charge in [0.15, 0.2) is 0 Å². The van der Waals surface area contributed by atoms with Crippen molar-refractivity contribution in [3.63, 3.8) is 0 Å². The van der Waals surface area contributed by atoms with Crippen LogP contribution in [0.3, 0.4) is 0 Å². The summed E-state index contributed by atoms with van der Waals surface area (Å²) in [7, 11) is 0. The lowest BCUT2D eigenvalue weighted by molar-refractivity contribution is 0.604. The molecule has 0 saturated heterocycles. The normalized spacial score (nSPS) is 13.2. The van der Waals surface area contributed by atoms with Crippen LogP contribution < -0.4 is 0 Å². The highest BCUT2D eigenvalue weighted by atomic mass is 32.1. The Morgan fingerprint density at radius 2 is 1.17 bits per heavy atom. The van der Waals surface area contributed by atoms with E-state index in [2.05, 4.69) is 65.8 Å². The molecule has 0 unspecified atom stereocenters. The Labute approximate surface area is 151 Å². The van der Waals surface area contributed by atoms with Crippen LogP contribution in [0.2, 0.25) is 0 Å². The number of allylic oxidation sites excluding steroid dienone is 1. The van der Waals surface area contributed by atoms with Crippen LogP contribution in [-0.2, 0) is 10.8 Å². The molecule has 1 aliphatic rings. The maximum absolute atomic E-state index is 9.45. The summed E-state index contributed by atoms with van der Waals surface area (Å²) in [6.45, 7) is 13.2. The second-order valence-electron chi connectivity index (χ2n) is 8.18. The van der Waals surface area contributed by atoms with E-state index in [1.54, 1.807) is 22.7 Å². The number of hydrogen-bond acceptors (Lipinski definition) is 4. The van der Waals surface area contributed by atoms with Crippen LogP contribution in [0.25, 0.3) is 15.3 Å². The summed E-state index contributed by atoms with van der Waals surface area (Å²) in [6.07, 6.45) is 0. The molecular formula is C20H20N2S2. The first kappa shape index (κ1) is 17.0. The molecule has 0 amide bonds. The lowest BCUT2D eigenvalue weighted by Crippen LogP contribution is -2.08. The molecule has 122 valence electrons. The van der Waals surface area contributed by atoms with E-state index in [0.717, 1.165) is 16.7 Å². The lowest BCUT2D eigenvalue weighted by atomic mass is 9.91. The van der Waals surface area contributed by atoms with Crippen molar-refractivity contribution in [3.8, 4) is 21.9 Å². The molecule has 24 heavy (non-hydrogen) atoms. The lowest BCUT2D eigenvalue weighted by Gasteiger charge is -2.15. The summed E-state index contributed by atoms with van der Waals surface area (Å²) in [5.41, 5.74) is 3.28. The monoisotopic (exact) mass is 352 g/mol. The van der Waals surface area contributed by atoms with Gasteiger partial charge in [0.1, 0.15) is 17.7 Å². The Morgan fingerprint density at radius 1 is 0.792 bits per heavy atom. The molecule has 0 N–H and O–H groups in total. The molecule has 2 aromatic heterocycles. The molecule has 2 aromatic rings. The third kappa shape index (κ3) is 2.51. The molecule has 0 radical (unpaired) electrons. The Balaban J connectivity index is 2.35. The first-order valence-corrected chi connectivity index (χ1v) is 9.55. The molecule has 0 saturated carbocycles. The van der Waals surface area contributed by atoms with Gasteiger partial charge in [-0.25, -0.2) is 0 Å². The maximum atomic E-state index is 9.45. The van der Waals surface area contributed by atoms with Gasteiger partial charge in [-0.3, -0.25) is 0 Å². The molecule has 2 nitrogen and oxygen atoms in total. The van der Waals surface area contributed by atoms with Gasteiger partial charge in [0, 0.05) is 26.5 Å². The number of rotatable bonds is 0. The van der Waals surface area contributed by atoms with Crippen molar-refractivity contribution in [2.24, 2.45) is 0 Å². The maximum Gasteiger partial charge on any atom is 0.138 e. The van der Waals surface area contributed by atoms with Crippen molar-refractivity contribution >= 4 is 28.2 Å². The van der Waals surface area contributed by atoms with E-state index < -0.39 is 0 Å². The van der Waals surface area contributed by atoms with E-state index >= 15 is 0 Å². The van der Waals surface area contributed by atoms with Gasteiger partial charge in [-0.05, 0) is 23.0 Å². The molecule has 0 bridgehead atoms. The summed E-state index contributed by atoms with van der Waals surface area (Å²) in [5.74, 6) is 0. The minimum atomic E-state index is 0.0594. The smallest absolute Gasteiger partial charge is 0.138 e. The summed E-state index contributed by atoms with van der Waals surface area (Å²) < 4.78 is 0. The molecule has 0 spiro atoms. The van der Waals surface area contributed by atoms with Crippen molar-refractivity contribution < 1.29 is 0 Å². The number of thiophene rings is 2. The quantitative estimate of drug-likeness (QED) is 0.450. The van der Waals surface area contributed by atoms with E-state index in [9.17, 15) is 10.5 Å². The van der Waals surface area contributed by atoms with Crippen molar-refractivity contribution in [2.45, 2.75) is 52.4 Å². The second-order valence-corrected chi connectivity index (χ2v) is 10.3. The Hall–Kier alpha value is -1.88. The Bertz CT molecular complexity index is 866. The molecule has 3 rings (SSSR count). The van der Waals surface area contributed by atoms with Crippen LogP contribution in [0, 0.1) is 22.7 Å². The van der Waals surface area contributed by atoms with E-state index in [-0.39, 0.29) is 16.4 Å². The van der Waals surface area contributed by atoms with Crippen LogP contribution in [0.1, 0.15) is 62.4 Å². The van der Waals surface area contributed by atoms with Gasteiger partial charge in [0.2, 0.25) is 0 Å². The van der Waals surface area contributed by atoms with Crippen LogP contribution in [-0.4, -0.2) is 0 Å². The van der Waals surface area contributed by atoms with Crippen molar-refractivity contribution in [3.05, 3.63) is 38.6 Å². The van der Waals surface area contributed by atoms with Crippen LogP contribution in [0.15, 0.2) is 17.7 Å². The minimum Gasteiger partial charge on any atom is -0.192 e. The van der Waals surface area contributed by atoms with Crippen molar-refractivity contribution in [1.82, 2.24) is 0 Å². The average molecular weight is 353 g/mol. The fourth-order valence-electron chi connectivity index (χ4n) is 2.78. The van der Waals surface area contributed by atoms with Gasteiger partial charge in [-0.15, -0.1) is 22.7 Å².